The number of sulfonamides is 1. The lowest BCUT2D eigenvalue weighted by molar-refractivity contribution is 0.290. The van der Waals surface area contributed by atoms with E-state index in [0.717, 1.165) is 12.0 Å². The van der Waals surface area contributed by atoms with Gasteiger partial charge < -0.3 is 4.52 Å². The summed E-state index contributed by atoms with van der Waals surface area (Å²) in [6, 6.07) is 12.3. The van der Waals surface area contributed by atoms with E-state index in [1.807, 2.05) is 12.1 Å². The van der Waals surface area contributed by atoms with Crippen LogP contribution in [-0.4, -0.2) is 29.4 Å². The topological polar surface area (TPSA) is 76.3 Å². The van der Waals surface area contributed by atoms with Gasteiger partial charge in [0, 0.05) is 12.1 Å². The largest absolute Gasteiger partial charge is 0.337 e. The number of hydrogen-bond donors (Lipinski definition) is 0. The summed E-state index contributed by atoms with van der Waals surface area (Å²) in [5, 5.41) is 3.96. The number of rotatable bonds is 6. The van der Waals surface area contributed by atoms with Crippen molar-refractivity contribution in [2.75, 3.05) is 6.54 Å². The molecule has 0 spiro atoms. The molecule has 3 aromatic rings. The molecule has 6 nitrogen and oxygen atoms in total. The van der Waals surface area contributed by atoms with E-state index in [4.69, 9.17) is 4.52 Å². The Morgan fingerprint density at radius 1 is 1.13 bits per heavy atom. The molecule has 8 heteroatoms. The summed E-state index contributed by atoms with van der Waals surface area (Å²) in [6.45, 7) is 4.66. The molecular formula is C22H24FN3O3S. The van der Waals surface area contributed by atoms with Crippen LogP contribution in [0, 0.1) is 11.7 Å². The number of nitrogens with zero attached hydrogens (tertiary/aromatic N) is 3. The first-order valence-corrected chi connectivity index (χ1v) is 11.5. The standard InChI is InChI=1S/C22H24FN3O3S/c1-15(2)14-16-5-11-19(12-6-16)30(27,28)26-13-3-4-20(26)22-24-21(25-29-22)17-7-9-18(23)10-8-17/h5-12,15,20H,3-4,13-14H2,1-2H3. The van der Waals surface area contributed by atoms with Gasteiger partial charge in [0.2, 0.25) is 21.7 Å². The highest BCUT2D eigenvalue weighted by molar-refractivity contribution is 7.89. The van der Waals surface area contributed by atoms with Crippen LogP contribution >= 0.6 is 0 Å². The maximum atomic E-state index is 13.3. The highest BCUT2D eigenvalue weighted by Crippen LogP contribution is 2.36. The van der Waals surface area contributed by atoms with Crippen molar-refractivity contribution in [2.24, 2.45) is 5.92 Å². The molecule has 1 aliphatic rings. The normalized spacial score (nSPS) is 17.7. The minimum Gasteiger partial charge on any atom is -0.337 e. The average Bonchev–Trinajstić information content (AvgIpc) is 3.38. The second-order valence-corrected chi connectivity index (χ2v) is 9.87. The maximum absolute atomic E-state index is 13.3. The van der Waals surface area contributed by atoms with Crippen molar-refractivity contribution >= 4 is 10.0 Å². The zero-order chi connectivity index (χ0) is 21.3. The second-order valence-electron chi connectivity index (χ2n) is 7.98. The molecule has 1 atom stereocenters. The van der Waals surface area contributed by atoms with Crippen molar-refractivity contribution in [1.29, 1.82) is 0 Å². The molecule has 0 amide bonds. The maximum Gasteiger partial charge on any atom is 0.245 e. The minimum atomic E-state index is -3.69. The fourth-order valence-electron chi connectivity index (χ4n) is 3.77. The van der Waals surface area contributed by atoms with Gasteiger partial charge in [0.05, 0.1) is 4.90 Å². The van der Waals surface area contributed by atoms with Crippen molar-refractivity contribution in [2.45, 2.75) is 44.0 Å². The lowest BCUT2D eigenvalue weighted by Gasteiger charge is -2.21. The van der Waals surface area contributed by atoms with E-state index >= 15 is 0 Å². The Kier molecular flexibility index (Phi) is 5.71. The van der Waals surface area contributed by atoms with Gasteiger partial charge in [0.1, 0.15) is 11.9 Å². The van der Waals surface area contributed by atoms with Gasteiger partial charge in [0.15, 0.2) is 0 Å². The van der Waals surface area contributed by atoms with Crippen LogP contribution in [0.2, 0.25) is 0 Å². The first-order chi connectivity index (χ1) is 14.3. The minimum absolute atomic E-state index is 0.256. The van der Waals surface area contributed by atoms with Gasteiger partial charge in [-0.1, -0.05) is 31.1 Å². The van der Waals surface area contributed by atoms with Crippen molar-refractivity contribution in [3.8, 4) is 11.4 Å². The number of halogens is 1. The van der Waals surface area contributed by atoms with Crippen LogP contribution in [0.5, 0.6) is 0 Å². The summed E-state index contributed by atoms with van der Waals surface area (Å²) in [6.07, 6.45) is 2.22. The predicted molar refractivity (Wildman–Crippen MR) is 111 cm³/mol. The van der Waals surface area contributed by atoms with E-state index in [1.54, 1.807) is 24.3 Å². The molecule has 1 aromatic heterocycles. The highest BCUT2D eigenvalue weighted by Gasteiger charge is 2.39. The van der Waals surface area contributed by atoms with Gasteiger partial charge in [-0.2, -0.15) is 9.29 Å². The third kappa shape index (κ3) is 4.15. The van der Waals surface area contributed by atoms with Crippen molar-refractivity contribution in [3.05, 3.63) is 65.8 Å². The summed E-state index contributed by atoms with van der Waals surface area (Å²) in [4.78, 5) is 4.65. The van der Waals surface area contributed by atoms with Crippen LogP contribution in [0.25, 0.3) is 11.4 Å². The molecule has 1 aliphatic heterocycles. The van der Waals surface area contributed by atoms with E-state index in [2.05, 4.69) is 24.0 Å². The summed E-state index contributed by atoms with van der Waals surface area (Å²) in [7, 11) is -3.69. The smallest absolute Gasteiger partial charge is 0.245 e. The summed E-state index contributed by atoms with van der Waals surface area (Å²) in [5.41, 5.74) is 1.72. The molecule has 0 N–H and O–H groups in total. The molecule has 2 heterocycles. The predicted octanol–water partition coefficient (Wildman–Crippen LogP) is 4.60. The monoisotopic (exact) mass is 429 g/mol. The Morgan fingerprint density at radius 3 is 2.50 bits per heavy atom. The van der Waals surface area contributed by atoms with Gasteiger partial charge in [-0.05, 0) is 67.1 Å². The molecule has 158 valence electrons. The Labute approximate surface area is 175 Å². The van der Waals surface area contributed by atoms with Crippen LogP contribution in [0.4, 0.5) is 4.39 Å². The van der Waals surface area contributed by atoms with Crippen LogP contribution in [0.1, 0.15) is 44.2 Å². The molecule has 0 radical (unpaired) electrons. The van der Waals surface area contributed by atoms with Gasteiger partial charge in [-0.3, -0.25) is 0 Å². The fraction of sp³-hybridized carbons (Fsp3) is 0.364. The third-order valence-corrected chi connectivity index (χ3v) is 7.13. The third-order valence-electron chi connectivity index (χ3n) is 5.21. The van der Waals surface area contributed by atoms with Gasteiger partial charge in [-0.15, -0.1) is 0 Å². The van der Waals surface area contributed by atoms with Gasteiger partial charge >= 0.3 is 0 Å². The quantitative estimate of drug-likeness (QED) is 0.572. The number of hydrogen-bond acceptors (Lipinski definition) is 5. The van der Waals surface area contributed by atoms with Crippen LogP contribution < -0.4 is 0 Å². The van der Waals surface area contributed by atoms with Crippen molar-refractivity contribution in [3.63, 3.8) is 0 Å². The van der Waals surface area contributed by atoms with Crippen molar-refractivity contribution < 1.29 is 17.3 Å². The molecular weight excluding hydrogens is 405 g/mol. The summed E-state index contributed by atoms with van der Waals surface area (Å²) < 4.78 is 46.5. The molecule has 2 aromatic carbocycles. The Bertz CT molecular complexity index is 1110. The molecule has 30 heavy (non-hydrogen) atoms. The molecule has 1 saturated heterocycles. The van der Waals surface area contributed by atoms with E-state index in [-0.39, 0.29) is 16.6 Å². The first kappa shape index (κ1) is 20.7. The zero-order valence-corrected chi connectivity index (χ0v) is 17.8. The van der Waals surface area contributed by atoms with E-state index in [0.29, 0.717) is 36.7 Å². The summed E-state index contributed by atoms with van der Waals surface area (Å²) >= 11 is 0. The van der Waals surface area contributed by atoms with Crippen LogP contribution in [0.15, 0.2) is 57.9 Å². The van der Waals surface area contributed by atoms with Gasteiger partial charge in [0.25, 0.3) is 0 Å². The Balaban J connectivity index is 1.58. The lowest BCUT2D eigenvalue weighted by atomic mass is 10.0. The zero-order valence-electron chi connectivity index (χ0n) is 17.0. The molecule has 0 bridgehead atoms. The molecule has 0 saturated carbocycles. The highest BCUT2D eigenvalue weighted by atomic mass is 32.2. The lowest BCUT2D eigenvalue weighted by Crippen LogP contribution is -2.30. The SMILES string of the molecule is CC(C)Cc1ccc(S(=O)(=O)N2CCCC2c2nc(-c3ccc(F)cc3)no2)cc1. The molecule has 4 rings (SSSR count). The average molecular weight is 430 g/mol. The second kappa shape index (κ2) is 8.28. The van der Waals surface area contributed by atoms with Crippen LogP contribution in [0.3, 0.4) is 0 Å². The van der Waals surface area contributed by atoms with E-state index in [1.165, 1.54) is 16.4 Å². The molecule has 1 unspecified atom stereocenters. The van der Waals surface area contributed by atoms with Crippen LogP contribution in [-0.2, 0) is 16.4 Å². The molecule has 1 fully saturated rings. The molecule has 0 aliphatic carbocycles. The van der Waals surface area contributed by atoms with Gasteiger partial charge in [-0.25, -0.2) is 12.8 Å². The van der Waals surface area contributed by atoms with E-state index in [9.17, 15) is 12.8 Å². The van der Waals surface area contributed by atoms with Crippen molar-refractivity contribution in [1.82, 2.24) is 14.4 Å². The first-order valence-electron chi connectivity index (χ1n) is 10.0. The van der Waals surface area contributed by atoms with E-state index < -0.39 is 16.1 Å². The number of aromatic nitrogens is 2. The Morgan fingerprint density at radius 2 is 1.83 bits per heavy atom. The summed E-state index contributed by atoms with van der Waals surface area (Å²) in [5.74, 6) is 0.720. The Hall–Kier alpha value is -2.58. The number of benzene rings is 2. The fourth-order valence-corrected chi connectivity index (χ4v) is 5.42.